The van der Waals surface area contributed by atoms with Crippen LogP contribution in [0.5, 0.6) is 0 Å². The summed E-state index contributed by atoms with van der Waals surface area (Å²) in [5.41, 5.74) is -0.898. The third kappa shape index (κ3) is 4.57. The SMILES string of the molecule is CN(CC1(O)CCOCC1)C(=O)N(CCC(=O)O)C1CC1. The average Bonchev–Trinajstić information content (AvgIpc) is 3.23. The summed E-state index contributed by atoms with van der Waals surface area (Å²) in [5, 5.41) is 19.2. The molecule has 1 saturated heterocycles. The molecular formula is C14H24N2O5. The number of carbonyl (C=O) groups is 2. The van der Waals surface area contributed by atoms with E-state index in [2.05, 4.69) is 0 Å². The predicted molar refractivity (Wildman–Crippen MR) is 75.0 cm³/mol. The van der Waals surface area contributed by atoms with E-state index in [1.807, 2.05) is 0 Å². The summed E-state index contributed by atoms with van der Waals surface area (Å²) in [5.74, 6) is -0.904. The third-order valence-electron chi connectivity index (χ3n) is 4.08. The smallest absolute Gasteiger partial charge is 0.320 e. The van der Waals surface area contributed by atoms with Gasteiger partial charge < -0.3 is 24.7 Å². The van der Waals surface area contributed by atoms with Crippen molar-refractivity contribution in [2.24, 2.45) is 0 Å². The molecule has 0 aromatic heterocycles. The van der Waals surface area contributed by atoms with Gasteiger partial charge in [0.05, 0.1) is 18.6 Å². The zero-order valence-corrected chi connectivity index (χ0v) is 12.5. The second-order valence-electron chi connectivity index (χ2n) is 6.04. The van der Waals surface area contributed by atoms with Crippen molar-refractivity contribution in [3.05, 3.63) is 0 Å². The molecule has 1 heterocycles. The Morgan fingerprint density at radius 1 is 1.29 bits per heavy atom. The number of hydrogen-bond acceptors (Lipinski definition) is 4. The van der Waals surface area contributed by atoms with Gasteiger partial charge in [-0.15, -0.1) is 0 Å². The first-order valence-corrected chi connectivity index (χ1v) is 7.45. The van der Waals surface area contributed by atoms with E-state index in [0.29, 0.717) is 26.1 Å². The first-order chi connectivity index (χ1) is 9.91. The van der Waals surface area contributed by atoms with Gasteiger partial charge in [-0.1, -0.05) is 0 Å². The van der Waals surface area contributed by atoms with Crippen LogP contribution in [0.1, 0.15) is 32.1 Å². The van der Waals surface area contributed by atoms with Crippen LogP contribution < -0.4 is 0 Å². The maximum absolute atomic E-state index is 12.5. The van der Waals surface area contributed by atoms with Crippen molar-refractivity contribution >= 4 is 12.0 Å². The Kier molecular flexibility index (Phi) is 5.05. The number of aliphatic hydroxyl groups is 1. The molecule has 0 atom stereocenters. The van der Waals surface area contributed by atoms with Crippen molar-refractivity contribution in [3.63, 3.8) is 0 Å². The van der Waals surface area contributed by atoms with Crippen LogP contribution in [0.3, 0.4) is 0 Å². The highest BCUT2D eigenvalue weighted by atomic mass is 16.5. The van der Waals surface area contributed by atoms with Gasteiger partial charge in [0.25, 0.3) is 0 Å². The van der Waals surface area contributed by atoms with E-state index in [-0.39, 0.29) is 31.6 Å². The van der Waals surface area contributed by atoms with Crippen LogP contribution in [0.15, 0.2) is 0 Å². The molecule has 1 saturated carbocycles. The number of amides is 2. The third-order valence-corrected chi connectivity index (χ3v) is 4.08. The summed E-state index contributed by atoms with van der Waals surface area (Å²) in [6, 6.07) is -0.0395. The maximum Gasteiger partial charge on any atom is 0.320 e. The largest absolute Gasteiger partial charge is 0.481 e. The van der Waals surface area contributed by atoms with Crippen molar-refractivity contribution in [3.8, 4) is 0 Å². The number of carbonyl (C=O) groups excluding carboxylic acids is 1. The van der Waals surface area contributed by atoms with Gasteiger partial charge in [-0.05, 0) is 12.8 Å². The minimum Gasteiger partial charge on any atom is -0.481 e. The summed E-state index contributed by atoms with van der Waals surface area (Å²) in [4.78, 5) is 26.3. The number of rotatable bonds is 6. The lowest BCUT2D eigenvalue weighted by Gasteiger charge is -2.37. The molecule has 120 valence electrons. The van der Waals surface area contributed by atoms with Crippen LogP contribution in [0, 0.1) is 0 Å². The van der Waals surface area contributed by atoms with E-state index >= 15 is 0 Å². The number of urea groups is 1. The van der Waals surface area contributed by atoms with Gasteiger partial charge in [-0.3, -0.25) is 4.79 Å². The van der Waals surface area contributed by atoms with Crippen molar-refractivity contribution in [2.75, 3.05) is 33.4 Å². The number of carboxylic acid groups (broad SMARTS) is 1. The molecule has 0 spiro atoms. The number of aliphatic carboxylic acids is 1. The molecule has 2 rings (SSSR count). The zero-order valence-electron chi connectivity index (χ0n) is 12.5. The number of likely N-dealkylation sites (N-methyl/N-ethyl adjacent to an activating group) is 1. The van der Waals surface area contributed by atoms with Gasteiger partial charge in [-0.2, -0.15) is 0 Å². The maximum atomic E-state index is 12.5. The first kappa shape index (κ1) is 16.0. The number of nitrogens with zero attached hydrogens (tertiary/aromatic N) is 2. The van der Waals surface area contributed by atoms with Gasteiger partial charge in [0.2, 0.25) is 0 Å². The lowest BCUT2D eigenvalue weighted by molar-refractivity contribution is -0.137. The number of carboxylic acids is 1. The lowest BCUT2D eigenvalue weighted by atomic mass is 9.94. The second kappa shape index (κ2) is 6.62. The molecule has 1 aliphatic carbocycles. The van der Waals surface area contributed by atoms with E-state index in [1.54, 1.807) is 11.9 Å². The van der Waals surface area contributed by atoms with Crippen LogP contribution in [-0.4, -0.2) is 77.0 Å². The summed E-state index contributed by atoms with van der Waals surface area (Å²) in [7, 11) is 1.66. The Labute approximate surface area is 124 Å². The fourth-order valence-electron chi connectivity index (χ4n) is 2.67. The molecule has 7 nitrogen and oxygen atoms in total. The molecule has 21 heavy (non-hydrogen) atoms. The average molecular weight is 300 g/mol. The van der Waals surface area contributed by atoms with E-state index in [0.717, 1.165) is 12.8 Å². The summed E-state index contributed by atoms with van der Waals surface area (Å²) >= 11 is 0. The van der Waals surface area contributed by atoms with Crippen LogP contribution in [-0.2, 0) is 9.53 Å². The normalized spacial score (nSPS) is 20.9. The minimum atomic E-state index is -0.904. The van der Waals surface area contributed by atoms with Crippen LogP contribution in [0.25, 0.3) is 0 Å². The number of hydrogen-bond donors (Lipinski definition) is 2. The van der Waals surface area contributed by atoms with Crippen molar-refractivity contribution in [1.82, 2.24) is 9.80 Å². The highest BCUT2D eigenvalue weighted by Gasteiger charge is 2.37. The van der Waals surface area contributed by atoms with Crippen LogP contribution in [0.4, 0.5) is 4.79 Å². The Morgan fingerprint density at radius 2 is 1.90 bits per heavy atom. The lowest BCUT2D eigenvalue weighted by Crippen LogP contribution is -2.51. The number of ether oxygens (including phenoxy) is 1. The fraction of sp³-hybridized carbons (Fsp3) is 0.857. The van der Waals surface area contributed by atoms with E-state index in [9.17, 15) is 14.7 Å². The van der Waals surface area contributed by atoms with E-state index < -0.39 is 11.6 Å². The van der Waals surface area contributed by atoms with Gasteiger partial charge in [0.1, 0.15) is 0 Å². The Hall–Kier alpha value is -1.34. The summed E-state index contributed by atoms with van der Waals surface area (Å²) in [6.07, 6.45) is 2.84. The highest BCUT2D eigenvalue weighted by Crippen LogP contribution is 2.29. The molecule has 0 radical (unpaired) electrons. The van der Waals surface area contributed by atoms with Gasteiger partial charge >= 0.3 is 12.0 Å². The molecule has 0 aromatic rings. The molecule has 2 fully saturated rings. The Morgan fingerprint density at radius 3 is 2.43 bits per heavy atom. The van der Waals surface area contributed by atoms with Crippen LogP contribution >= 0.6 is 0 Å². The predicted octanol–water partition coefficient (Wildman–Crippen LogP) is 0.519. The molecule has 1 aliphatic heterocycles. The van der Waals surface area contributed by atoms with Gasteiger partial charge in [-0.25, -0.2) is 4.79 Å². The molecule has 2 N–H and O–H groups in total. The zero-order chi connectivity index (χ0) is 15.5. The fourth-order valence-corrected chi connectivity index (χ4v) is 2.67. The quantitative estimate of drug-likeness (QED) is 0.746. The molecule has 7 heteroatoms. The van der Waals surface area contributed by atoms with Crippen molar-refractivity contribution in [1.29, 1.82) is 0 Å². The Bertz CT molecular complexity index is 391. The molecule has 2 amide bonds. The second-order valence-corrected chi connectivity index (χ2v) is 6.04. The van der Waals surface area contributed by atoms with E-state index in [1.165, 1.54) is 4.90 Å². The van der Waals surface area contributed by atoms with Gasteiger partial charge in [0, 0.05) is 45.7 Å². The standard InChI is InChI=1S/C14H24N2O5/c1-15(10-14(20)5-8-21-9-6-14)13(19)16(11-2-3-11)7-4-12(17)18/h11,20H,2-10H2,1H3,(H,17,18). The topological polar surface area (TPSA) is 90.3 Å². The molecule has 0 aromatic carbocycles. The molecule has 0 unspecified atom stereocenters. The van der Waals surface area contributed by atoms with Gasteiger partial charge in [0.15, 0.2) is 0 Å². The Balaban J connectivity index is 1.90. The molecule has 2 aliphatic rings. The minimum absolute atomic E-state index is 0.0474. The monoisotopic (exact) mass is 300 g/mol. The van der Waals surface area contributed by atoms with E-state index in [4.69, 9.17) is 9.84 Å². The van der Waals surface area contributed by atoms with Crippen molar-refractivity contribution in [2.45, 2.75) is 43.7 Å². The van der Waals surface area contributed by atoms with Crippen molar-refractivity contribution < 1.29 is 24.5 Å². The molecule has 0 bridgehead atoms. The van der Waals surface area contributed by atoms with Crippen LogP contribution in [0.2, 0.25) is 0 Å². The highest BCUT2D eigenvalue weighted by molar-refractivity contribution is 5.76. The molecular weight excluding hydrogens is 276 g/mol. The first-order valence-electron chi connectivity index (χ1n) is 7.45. The summed E-state index contributed by atoms with van der Waals surface area (Å²) in [6.45, 7) is 1.49. The summed E-state index contributed by atoms with van der Waals surface area (Å²) < 4.78 is 5.23.